The number of rotatable bonds is 6. The van der Waals surface area contributed by atoms with Gasteiger partial charge in [-0.3, -0.25) is 4.84 Å². The molecule has 1 aromatic rings. The molecular weight excluding hydrogens is 194 g/mol. The summed E-state index contributed by atoms with van der Waals surface area (Å²) >= 11 is 0. The highest BCUT2D eigenvalue weighted by Gasteiger charge is 1.96. The summed E-state index contributed by atoms with van der Waals surface area (Å²) in [5, 5.41) is 0. The summed E-state index contributed by atoms with van der Waals surface area (Å²) < 4.78 is 5.31. The molecule has 0 fully saturated rings. The zero-order chi connectivity index (χ0) is 11.1. The van der Waals surface area contributed by atoms with Gasteiger partial charge in [-0.15, -0.1) is 0 Å². The van der Waals surface area contributed by atoms with Crippen LogP contribution in [0.15, 0.2) is 24.3 Å². The highest BCUT2D eigenvalue weighted by molar-refractivity contribution is 5.26. The van der Waals surface area contributed by atoms with Gasteiger partial charge in [0.2, 0.25) is 0 Å². The average molecular weight is 211 g/mol. The van der Waals surface area contributed by atoms with Crippen molar-refractivity contribution in [3.63, 3.8) is 0 Å². The molecule has 5 heteroatoms. The van der Waals surface area contributed by atoms with Gasteiger partial charge in [0.1, 0.15) is 12.0 Å². The minimum Gasteiger partial charge on any atom is -0.494 e. The van der Waals surface area contributed by atoms with Gasteiger partial charge >= 0.3 is 0 Å². The molecule has 0 saturated heterocycles. The SMILES string of the molecule is CCOc1ccc(CONC(N)N)cc1. The molecule has 0 aromatic heterocycles. The molecule has 84 valence electrons. The Labute approximate surface area is 89.3 Å². The van der Waals surface area contributed by atoms with Crippen molar-refractivity contribution >= 4 is 0 Å². The molecule has 0 amide bonds. The van der Waals surface area contributed by atoms with E-state index in [1.807, 2.05) is 31.2 Å². The fraction of sp³-hybridized carbons (Fsp3) is 0.400. The van der Waals surface area contributed by atoms with Crippen LogP contribution in [0.2, 0.25) is 0 Å². The van der Waals surface area contributed by atoms with E-state index in [-0.39, 0.29) is 0 Å². The first-order valence-electron chi connectivity index (χ1n) is 4.82. The lowest BCUT2D eigenvalue weighted by Gasteiger charge is -2.09. The second-order valence-corrected chi connectivity index (χ2v) is 3.01. The molecule has 15 heavy (non-hydrogen) atoms. The van der Waals surface area contributed by atoms with Crippen molar-refractivity contribution in [2.75, 3.05) is 6.61 Å². The van der Waals surface area contributed by atoms with Gasteiger partial charge < -0.3 is 16.2 Å². The summed E-state index contributed by atoms with van der Waals surface area (Å²) in [5.41, 5.74) is 14.0. The minimum atomic E-state index is -0.660. The fourth-order valence-electron chi connectivity index (χ4n) is 1.07. The smallest absolute Gasteiger partial charge is 0.129 e. The molecule has 5 nitrogen and oxygen atoms in total. The average Bonchev–Trinajstić information content (AvgIpc) is 2.20. The summed E-state index contributed by atoms with van der Waals surface area (Å²) in [6.45, 7) is 3.03. The van der Waals surface area contributed by atoms with Crippen molar-refractivity contribution < 1.29 is 9.57 Å². The number of hydrogen-bond donors (Lipinski definition) is 3. The Kier molecular flexibility index (Phi) is 5.06. The molecule has 0 aliphatic carbocycles. The Morgan fingerprint density at radius 1 is 1.27 bits per heavy atom. The molecule has 0 spiro atoms. The molecular formula is C10H17N3O2. The van der Waals surface area contributed by atoms with Crippen molar-refractivity contribution in [3.8, 4) is 5.75 Å². The molecule has 1 aromatic carbocycles. The van der Waals surface area contributed by atoms with Crippen LogP contribution in [0.1, 0.15) is 12.5 Å². The van der Waals surface area contributed by atoms with Gasteiger partial charge in [0.05, 0.1) is 13.2 Å². The van der Waals surface area contributed by atoms with E-state index >= 15 is 0 Å². The third-order valence-electron chi connectivity index (χ3n) is 1.69. The largest absolute Gasteiger partial charge is 0.494 e. The van der Waals surface area contributed by atoms with Gasteiger partial charge in [0.25, 0.3) is 0 Å². The number of hydroxylamine groups is 1. The lowest BCUT2D eigenvalue weighted by atomic mass is 10.2. The summed E-state index contributed by atoms with van der Waals surface area (Å²) in [4.78, 5) is 5.04. The predicted octanol–water partition coefficient (Wildman–Crippen LogP) is 0.308. The van der Waals surface area contributed by atoms with E-state index in [1.54, 1.807) is 0 Å². The van der Waals surface area contributed by atoms with Crippen LogP contribution in [0.5, 0.6) is 5.75 Å². The van der Waals surface area contributed by atoms with Gasteiger partial charge in [-0.1, -0.05) is 12.1 Å². The van der Waals surface area contributed by atoms with E-state index in [0.29, 0.717) is 13.2 Å². The normalized spacial score (nSPS) is 10.7. The zero-order valence-electron chi connectivity index (χ0n) is 8.77. The predicted molar refractivity (Wildman–Crippen MR) is 57.7 cm³/mol. The topological polar surface area (TPSA) is 82.5 Å². The maximum absolute atomic E-state index is 5.31. The van der Waals surface area contributed by atoms with Crippen LogP contribution >= 0.6 is 0 Å². The van der Waals surface area contributed by atoms with E-state index in [2.05, 4.69) is 5.48 Å². The van der Waals surface area contributed by atoms with Crippen molar-refractivity contribution in [2.24, 2.45) is 11.5 Å². The highest BCUT2D eigenvalue weighted by Crippen LogP contribution is 2.12. The fourth-order valence-corrected chi connectivity index (χ4v) is 1.07. The zero-order valence-corrected chi connectivity index (χ0v) is 8.77. The van der Waals surface area contributed by atoms with E-state index in [1.165, 1.54) is 0 Å². The summed E-state index contributed by atoms with van der Waals surface area (Å²) in [5.74, 6) is 0.852. The van der Waals surface area contributed by atoms with Crippen molar-refractivity contribution in [3.05, 3.63) is 29.8 Å². The van der Waals surface area contributed by atoms with Gasteiger partial charge in [0, 0.05) is 0 Å². The maximum Gasteiger partial charge on any atom is 0.129 e. The molecule has 0 aliphatic heterocycles. The lowest BCUT2D eigenvalue weighted by molar-refractivity contribution is 0.00621. The maximum atomic E-state index is 5.31. The van der Waals surface area contributed by atoms with E-state index in [9.17, 15) is 0 Å². The first-order valence-corrected chi connectivity index (χ1v) is 4.82. The number of hydrogen-bond acceptors (Lipinski definition) is 5. The van der Waals surface area contributed by atoms with Crippen LogP contribution in [-0.2, 0) is 11.4 Å². The van der Waals surface area contributed by atoms with Crippen LogP contribution in [0.4, 0.5) is 0 Å². The molecule has 0 radical (unpaired) electrons. The van der Waals surface area contributed by atoms with Crippen LogP contribution in [0, 0.1) is 0 Å². The van der Waals surface area contributed by atoms with E-state index in [0.717, 1.165) is 11.3 Å². The third kappa shape index (κ3) is 4.75. The number of nitrogens with one attached hydrogen (secondary N) is 1. The summed E-state index contributed by atoms with van der Waals surface area (Å²) in [7, 11) is 0. The monoisotopic (exact) mass is 211 g/mol. The molecule has 0 unspecified atom stereocenters. The Balaban J connectivity index is 2.36. The van der Waals surface area contributed by atoms with Crippen molar-refractivity contribution in [1.29, 1.82) is 0 Å². The van der Waals surface area contributed by atoms with Gasteiger partial charge in [-0.05, 0) is 24.6 Å². The molecule has 0 bridgehead atoms. The second kappa shape index (κ2) is 6.36. The van der Waals surface area contributed by atoms with E-state index < -0.39 is 6.29 Å². The summed E-state index contributed by atoms with van der Waals surface area (Å²) in [6.07, 6.45) is -0.660. The van der Waals surface area contributed by atoms with Crippen LogP contribution in [-0.4, -0.2) is 12.9 Å². The molecule has 1 rings (SSSR count). The number of benzene rings is 1. The second-order valence-electron chi connectivity index (χ2n) is 3.01. The van der Waals surface area contributed by atoms with Gasteiger partial charge in [-0.2, -0.15) is 5.48 Å². The Hall–Kier alpha value is -1.14. The first kappa shape index (κ1) is 11.9. The molecule has 0 aliphatic rings. The van der Waals surface area contributed by atoms with Crippen LogP contribution in [0.25, 0.3) is 0 Å². The molecule has 0 atom stereocenters. The summed E-state index contributed by atoms with van der Waals surface area (Å²) in [6, 6.07) is 7.64. The van der Waals surface area contributed by atoms with Gasteiger partial charge in [0.15, 0.2) is 0 Å². The minimum absolute atomic E-state index is 0.414. The Morgan fingerprint density at radius 3 is 2.47 bits per heavy atom. The number of nitrogens with two attached hydrogens (primary N) is 2. The van der Waals surface area contributed by atoms with Crippen molar-refractivity contribution in [2.45, 2.75) is 19.8 Å². The van der Waals surface area contributed by atoms with E-state index in [4.69, 9.17) is 21.0 Å². The van der Waals surface area contributed by atoms with Crippen molar-refractivity contribution in [1.82, 2.24) is 5.48 Å². The third-order valence-corrected chi connectivity index (χ3v) is 1.69. The lowest BCUT2D eigenvalue weighted by Crippen LogP contribution is -2.44. The first-order chi connectivity index (χ1) is 7.22. The quantitative estimate of drug-likeness (QED) is 0.466. The molecule has 5 N–H and O–H groups in total. The number of ether oxygens (including phenoxy) is 1. The van der Waals surface area contributed by atoms with Crippen LogP contribution < -0.4 is 21.7 Å². The van der Waals surface area contributed by atoms with Crippen LogP contribution in [0.3, 0.4) is 0 Å². The molecule has 0 heterocycles. The standard InChI is InChI=1S/C10H17N3O2/c1-2-14-9-5-3-8(4-6-9)7-15-13-10(11)12/h3-6,10,13H,2,7,11-12H2,1H3. The Bertz CT molecular complexity index is 275. The Morgan fingerprint density at radius 2 is 1.93 bits per heavy atom. The molecule has 0 saturated carbocycles. The van der Waals surface area contributed by atoms with Gasteiger partial charge in [-0.25, -0.2) is 0 Å². The highest BCUT2D eigenvalue weighted by atomic mass is 16.6.